The molecule has 1 N–H and O–H groups in total. The largest absolute Gasteiger partial charge is 0.497 e. The minimum atomic E-state index is -3.71. The molecule has 0 aliphatic rings. The predicted molar refractivity (Wildman–Crippen MR) is 119 cm³/mol. The van der Waals surface area contributed by atoms with Crippen molar-refractivity contribution in [2.24, 2.45) is 0 Å². The molecule has 0 saturated heterocycles. The first-order chi connectivity index (χ1) is 14.1. The maximum Gasteiger partial charge on any atom is 0.244 e. The summed E-state index contributed by atoms with van der Waals surface area (Å²) in [6, 6.07) is 11.2. The van der Waals surface area contributed by atoms with Gasteiger partial charge < -0.3 is 14.8 Å². The van der Waals surface area contributed by atoms with Crippen molar-refractivity contribution in [2.45, 2.75) is 39.3 Å². The van der Waals surface area contributed by atoms with Crippen LogP contribution in [0.5, 0.6) is 11.5 Å². The van der Waals surface area contributed by atoms with E-state index in [4.69, 9.17) is 9.47 Å². The van der Waals surface area contributed by atoms with E-state index in [1.807, 2.05) is 32.0 Å². The highest BCUT2D eigenvalue weighted by Crippen LogP contribution is 2.27. The number of hydrogen-bond donors (Lipinski definition) is 1. The summed E-state index contributed by atoms with van der Waals surface area (Å²) in [7, 11) is -0.595. The van der Waals surface area contributed by atoms with Gasteiger partial charge in [-0.15, -0.1) is 0 Å². The third-order valence-electron chi connectivity index (χ3n) is 4.94. The standard InChI is InChI=1S/C22H30N2O5S/c1-7-20(17-11-12-21(29-5)15(2)13-17)23-22(25)16(3)24(30(6,26)27)18-9-8-10-19(14-18)28-4/h8-14,16,20H,7H2,1-6H3,(H,23,25)/t16-,20+/m1/s1. The number of nitrogens with one attached hydrogen (secondary N) is 1. The molecule has 1 amide bonds. The molecule has 0 aliphatic carbocycles. The molecule has 2 aromatic carbocycles. The molecular weight excluding hydrogens is 404 g/mol. The van der Waals surface area contributed by atoms with Crippen LogP contribution in [0.2, 0.25) is 0 Å². The van der Waals surface area contributed by atoms with Crippen molar-refractivity contribution in [3.05, 3.63) is 53.6 Å². The molecule has 2 aromatic rings. The quantitative estimate of drug-likeness (QED) is 0.654. The Hall–Kier alpha value is -2.74. The molecule has 0 bridgehead atoms. The Morgan fingerprint density at radius 3 is 2.37 bits per heavy atom. The van der Waals surface area contributed by atoms with Gasteiger partial charge in [0.25, 0.3) is 0 Å². The summed E-state index contributed by atoms with van der Waals surface area (Å²) in [5, 5.41) is 2.98. The number of amides is 1. The van der Waals surface area contributed by atoms with Crippen molar-refractivity contribution in [3.63, 3.8) is 0 Å². The highest BCUT2D eigenvalue weighted by molar-refractivity contribution is 7.92. The van der Waals surface area contributed by atoms with Gasteiger partial charge in [-0.05, 0) is 49.6 Å². The second-order valence-electron chi connectivity index (χ2n) is 7.13. The highest BCUT2D eigenvalue weighted by atomic mass is 32.2. The summed E-state index contributed by atoms with van der Waals surface area (Å²) < 4.78 is 36.6. The van der Waals surface area contributed by atoms with Crippen LogP contribution in [0.1, 0.15) is 37.4 Å². The van der Waals surface area contributed by atoms with Gasteiger partial charge in [0, 0.05) is 6.07 Å². The van der Waals surface area contributed by atoms with Gasteiger partial charge in [0.2, 0.25) is 15.9 Å². The van der Waals surface area contributed by atoms with Crippen molar-refractivity contribution < 1.29 is 22.7 Å². The minimum Gasteiger partial charge on any atom is -0.497 e. The number of anilines is 1. The van der Waals surface area contributed by atoms with Gasteiger partial charge >= 0.3 is 0 Å². The van der Waals surface area contributed by atoms with Crippen molar-refractivity contribution in [3.8, 4) is 11.5 Å². The Kier molecular flexibility index (Phi) is 7.72. The normalized spacial score (nSPS) is 13.3. The Labute approximate surface area is 179 Å². The van der Waals surface area contributed by atoms with E-state index < -0.39 is 16.1 Å². The fourth-order valence-corrected chi connectivity index (χ4v) is 4.55. The summed E-state index contributed by atoms with van der Waals surface area (Å²) in [5.41, 5.74) is 2.27. The first-order valence-electron chi connectivity index (χ1n) is 9.70. The fraction of sp³-hybridized carbons (Fsp3) is 0.409. The molecule has 0 spiro atoms. The van der Waals surface area contributed by atoms with E-state index >= 15 is 0 Å². The monoisotopic (exact) mass is 434 g/mol. The zero-order valence-electron chi connectivity index (χ0n) is 18.3. The van der Waals surface area contributed by atoms with Crippen LogP contribution in [-0.4, -0.2) is 40.8 Å². The lowest BCUT2D eigenvalue weighted by molar-refractivity contribution is -0.122. The lowest BCUT2D eigenvalue weighted by Gasteiger charge is -2.30. The number of benzene rings is 2. The van der Waals surface area contributed by atoms with Crippen molar-refractivity contribution in [1.82, 2.24) is 5.32 Å². The fourth-order valence-electron chi connectivity index (χ4n) is 3.39. The molecule has 0 saturated carbocycles. The number of aryl methyl sites for hydroxylation is 1. The summed E-state index contributed by atoms with van der Waals surface area (Å²) in [6.45, 7) is 5.47. The van der Waals surface area contributed by atoms with E-state index in [0.29, 0.717) is 17.9 Å². The van der Waals surface area contributed by atoms with E-state index in [9.17, 15) is 13.2 Å². The number of rotatable bonds is 9. The maximum absolute atomic E-state index is 13.0. The Balaban J connectivity index is 2.30. The molecule has 2 rings (SSSR count). The second kappa shape index (κ2) is 9.84. The summed E-state index contributed by atoms with van der Waals surface area (Å²) >= 11 is 0. The third-order valence-corrected chi connectivity index (χ3v) is 6.18. The number of carbonyl (C=O) groups excluding carboxylic acids is 1. The van der Waals surface area contributed by atoms with Gasteiger partial charge in [-0.2, -0.15) is 0 Å². The molecule has 164 valence electrons. The van der Waals surface area contributed by atoms with Crippen LogP contribution in [0.25, 0.3) is 0 Å². The molecule has 30 heavy (non-hydrogen) atoms. The molecule has 0 unspecified atom stereocenters. The summed E-state index contributed by atoms with van der Waals surface area (Å²) in [6.07, 6.45) is 1.74. The number of methoxy groups -OCH3 is 2. The Morgan fingerprint density at radius 1 is 1.13 bits per heavy atom. The topological polar surface area (TPSA) is 84.9 Å². The number of ether oxygens (including phenoxy) is 2. The van der Waals surface area contributed by atoms with E-state index in [-0.39, 0.29) is 11.9 Å². The van der Waals surface area contributed by atoms with Crippen molar-refractivity contribution in [1.29, 1.82) is 0 Å². The molecular formula is C22H30N2O5S. The Morgan fingerprint density at radius 2 is 1.83 bits per heavy atom. The molecule has 0 aliphatic heterocycles. The molecule has 0 aromatic heterocycles. The van der Waals surface area contributed by atoms with Crippen molar-refractivity contribution in [2.75, 3.05) is 24.8 Å². The van der Waals surface area contributed by atoms with Crippen LogP contribution in [0.3, 0.4) is 0 Å². The molecule has 2 atom stereocenters. The Bertz CT molecular complexity index is 991. The number of nitrogens with zero attached hydrogens (tertiary/aromatic N) is 1. The van der Waals surface area contributed by atoms with E-state index in [1.165, 1.54) is 7.11 Å². The van der Waals surface area contributed by atoms with E-state index in [0.717, 1.165) is 27.4 Å². The second-order valence-corrected chi connectivity index (χ2v) is 8.99. The van der Waals surface area contributed by atoms with Crippen LogP contribution >= 0.6 is 0 Å². The predicted octanol–water partition coefficient (Wildman–Crippen LogP) is 3.43. The molecule has 0 heterocycles. The minimum absolute atomic E-state index is 0.253. The highest BCUT2D eigenvalue weighted by Gasteiger charge is 2.30. The lowest BCUT2D eigenvalue weighted by atomic mass is 10.0. The van der Waals surface area contributed by atoms with Gasteiger partial charge in [0.1, 0.15) is 17.5 Å². The van der Waals surface area contributed by atoms with Crippen LogP contribution in [0.15, 0.2) is 42.5 Å². The first kappa shape index (κ1) is 23.5. The van der Waals surface area contributed by atoms with Crippen LogP contribution < -0.4 is 19.1 Å². The van der Waals surface area contributed by atoms with Crippen molar-refractivity contribution >= 4 is 21.6 Å². The zero-order valence-corrected chi connectivity index (χ0v) is 19.1. The summed E-state index contributed by atoms with van der Waals surface area (Å²) in [5.74, 6) is 0.895. The lowest BCUT2D eigenvalue weighted by Crippen LogP contribution is -2.48. The van der Waals surface area contributed by atoms with Crippen LogP contribution in [-0.2, 0) is 14.8 Å². The number of sulfonamides is 1. The molecule has 8 heteroatoms. The van der Waals surface area contributed by atoms with Gasteiger partial charge in [0.05, 0.1) is 32.2 Å². The van der Waals surface area contributed by atoms with Gasteiger partial charge in [-0.25, -0.2) is 8.42 Å². The number of hydrogen-bond acceptors (Lipinski definition) is 5. The molecule has 0 fully saturated rings. The average molecular weight is 435 g/mol. The van der Waals surface area contributed by atoms with Crippen LogP contribution in [0.4, 0.5) is 5.69 Å². The third kappa shape index (κ3) is 5.44. The van der Waals surface area contributed by atoms with Gasteiger partial charge in [-0.3, -0.25) is 9.10 Å². The smallest absolute Gasteiger partial charge is 0.244 e. The molecule has 0 radical (unpaired) electrons. The first-order valence-corrected chi connectivity index (χ1v) is 11.6. The van der Waals surface area contributed by atoms with Gasteiger partial charge in [-0.1, -0.05) is 25.1 Å². The SMILES string of the molecule is CC[C@H](NC(=O)[C@@H](C)N(c1cccc(OC)c1)S(C)(=O)=O)c1ccc(OC)c(C)c1. The average Bonchev–Trinajstić information content (AvgIpc) is 2.70. The summed E-state index contributed by atoms with van der Waals surface area (Å²) in [4.78, 5) is 13.0. The maximum atomic E-state index is 13.0. The van der Waals surface area contributed by atoms with E-state index in [1.54, 1.807) is 38.3 Å². The van der Waals surface area contributed by atoms with E-state index in [2.05, 4.69) is 5.32 Å². The van der Waals surface area contributed by atoms with Crippen LogP contribution in [0, 0.1) is 6.92 Å². The molecule has 7 nitrogen and oxygen atoms in total. The van der Waals surface area contributed by atoms with Gasteiger partial charge in [0.15, 0.2) is 0 Å². The number of carbonyl (C=O) groups is 1. The zero-order chi connectivity index (χ0) is 22.5.